The molecule has 3 unspecified atom stereocenters. The van der Waals surface area contributed by atoms with Crippen molar-refractivity contribution in [3.8, 4) is 0 Å². The summed E-state index contributed by atoms with van der Waals surface area (Å²) in [5, 5.41) is 9.01. The highest BCUT2D eigenvalue weighted by Gasteiger charge is 2.53. The molecule has 1 aliphatic heterocycles. The lowest BCUT2D eigenvalue weighted by Gasteiger charge is -2.19. The Labute approximate surface area is 76.8 Å². The first-order valence-corrected chi connectivity index (χ1v) is 4.53. The van der Waals surface area contributed by atoms with Crippen LogP contribution in [0.15, 0.2) is 0 Å². The molecule has 4 heteroatoms. The van der Waals surface area contributed by atoms with Crippen LogP contribution in [0.25, 0.3) is 0 Å². The van der Waals surface area contributed by atoms with E-state index in [9.17, 15) is 4.79 Å². The molecule has 1 aliphatic carbocycles. The van der Waals surface area contributed by atoms with E-state index in [-0.39, 0.29) is 24.4 Å². The molecular weight excluding hydrogens is 172 g/mol. The van der Waals surface area contributed by atoms with Gasteiger partial charge in [-0.1, -0.05) is 0 Å². The van der Waals surface area contributed by atoms with Crippen LogP contribution >= 0.6 is 0 Å². The van der Waals surface area contributed by atoms with Crippen LogP contribution < -0.4 is 0 Å². The summed E-state index contributed by atoms with van der Waals surface area (Å²) in [6.45, 7) is 3.56. The number of ether oxygens (including phenoxy) is 2. The lowest BCUT2D eigenvalue weighted by atomic mass is 10.1. The molecule has 1 saturated heterocycles. The van der Waals surface area contributed by atoms with Crippen molar-refractivity contribution in [1.29, 1.82) is 0 Å². The molecule has 3 atom stereocenters. The Morgan fingerprint density at radius 3 is 2.85 bits per heavy atom. The van der Waals surface area contributed by atoms with Crippen molar-refractivity contribution in [1.82, 2.24) is 0 Å². The minimum absolute atomic E-state index is 0.00759. The summed E-state index contributed by atoms with van der Waals surface area (Å²) in [6.07, 6.45) is -0.318. The van der Waals surface area contributed by atoms with Gasteiger partial charge in [0.25, 0.3) is 0 Å². The summed E-state index contributed by atoms with van der Waals surface area (Å²) in [4.78, 5) is 11.4. The van der Waals surface area contributed by atoms with E-state index in [1.807, 2.05) is 0 Å². The van der Waals surface area contributed by atoms with E-state index < -0.39 is 11.9 Å². The molecule has 0 amide bonds. The molecule has 0 aromatic heterocycles. The van der Waals surface area contributed by atoms with Gasteiger partial charge >= 0.3 is 0 Å². The van der Waals surface area contributed by atoms with Gasteiger partial charge in [-0.15, -0.1) is 0 Å². The maximum absolute atomic E-state index is 11.4. The highest BCUT2D eigenvalue weighted by atomic mass is 16.8. The topological polar surface area (TPSA) is 55.8 Å². The molecule has 4 nitrogen and oxygen atoms in total. The van der Waals surface area contributed by atoms with E-state index in [0.717, 1.165) is 0 Å². The van der Waals surface area contributed by atoms with Gasteiger partial charge in [0.1, 0.15) is 6.10 Å². The molecule has 0 aromatic rings. The predicted molar refractivity (Wildman–Crippen MR) is 44.0 cm³/mol. The summed E-state index contributed by atoms with van der Waals surface area (Å²) < 4.78 is 11.0. The number of ketones is 1. The van der Waals surface area contributed by atoms with E-state index in [1.165, 1.54) is 0 Å². The number of Topliss-reactive ketones (excluding diaryl/α,β-unsaturated/α-hetero) is 1. The van der Waals surface area contributed by atoms with Crippen LogP contribution in [0, 0.1) is 5.92 Å². The van der Waals surface area contributed by atoms with Crippen molar-refractivity contribution in [2.75, 3.05) is 6.61 Å². The van der Waals surface area contributed by atoms with Crippen LogP contribution in [0.5, 0.6) is 0 Å². The number of aliphatic hydroxyl groups excluding tert-OH is 1. The second-order valence-corrected chi connectivity index (χ2v) is 4.13. The average molecular weight is 186 g/mol. The minimum Gasteiger partial charge on any atom is -0.396 e. The molecule has 2 fully saturated rings. The van der Waals surface area contributed by atoms with Gasteiger partial charge in [-0.25, -0.2) is 0 Å². The monoisotopic (exact) mass is 186 g/mol. The number of hydrogen-bond acceptors (Lipinski definition) is 4. The highest BCUT2D eigenvalue weighted by Crippen LogP contribution is 2.39. The van der Waals surface area contributed by atoms with E-state index in [2.05, 4.69) is 0 Å². The fourth-order valence-electron chi connectivity index (χ4n) is 2.04. The summed E-state index contributed by atoms with van der Waals surface area (Å²) in [5.41, 5.74) is 0. The van der Waals surface area contributed by atoms with Crippen molar-refractivity contribution in [2.45, 2.75) is 38.3 Å². The van der Waals surface area contributed by atoms with E-state index in [4.69, 9.17) is 14.6 Å². The lowest BCUT2D eigenvalue weighted by molar-refractivity contribution is -0.164. The summed E-state index contributed by atoms with van der Waals surface area (Å²) in [6, 6.07) is 0. The Bertz CT molecular complexity index is 236. The van der Waals surface area contributed by atoms with Crippen LogP contribution in [0.3, 0.4) is 0 Å². The van der Waals surface area contributed by atoms with E-state index >= 15 is 0 Å². The van der Waals surface area contributed by atoms with Gasteiger partial charge in [0.15, 0.2) is 11.6 Å². The van der Waals surface area contributed by atoms with Crippen LogP contribution in [0.1, 0.15) is 20.3 Å². The fourth-order valence-corrected chi connectivity index (χ4v) is 2.04. The van der Waals surface area contributed by atoms with Crippen molar-refractivity contribution in [3.05, 3.63) is 0 Å². The van der Waals surface area contributed by atoms with Gasteiger partial charge in [0.05, 0.1) is 6.10 Å². The predicted octanol–water partition coefficient (Wildman–Crippen LogP) is 0.0878. The zero-order valence-corrected chi connectivity index (χ0v) is 7.82. The first-order chi connectivity index (χ1) is 6.03. The molecule has 2 aliphatic rings. The van der Waals surface area contributed by atoms with Crippen LogP contribution in [0.2, 0.25) is 0 Å². The smallest absolute Gasteiger partial charge is 0.164 e. The number of hydrogen-bond donors (Lipinski definition) is 1. The van der Waals surface area contributed by atoms with Crippen LogP contribution in [-0.2, 0) is 14.3 Å². The molecule has 1 N–H and O–H groups in total. The highest BCUT2D eigenvalue weighted by molar-refractivity contribution is 5.86. The maximum atomic E-state index is 11.4. The van der Waals surface area contributed by atoms with Gasteiger partial charge in [-0.2, -0.15) is 0 Å². The van der Waals surface area contributed by atoms with Crippen molar-refractivity contribution < 1.29 is 19.4 Å². The summed E-state index contributed by atoms with van der Waals surface area (Å²) >= 11 is 0. The Hall–Kier alpha value is -0.450. The molecule has 0 aromatic carbocycles. The van der Waals surface area contributed by atoms with E-state index in [1.54, 1.807) is 13.8 Å². The normalized spacial score (nSPS) is 42.4. The lowest BCUT2D eigenvalue weighted by Crippen LogP contribution is -2.27. The van der Waals surface area contributed by atoms with Gasteiger partial charge in [-0.05, 0) is 13.8 Å². The van der Waals surface area contributed by atoms with E-state index in [0.29, 0.717) is 6.42 Å². The number of fused-ring (bicyclic) bond motifs is 1. The Morgan fingerprint density at radius 1 is 1.54 bits per heavy atom. The van der Waals surface area contributed by atoms with Gasteiger partial charge < -0.3 is 14.6 Å². The standard InChI is InChI=1S/C9H14O4/c1-9(2)12-7-5(4-10)3-6(11)8(7)13-9/h5,7-8,10H,3-4H2,1-2H3. The zero-order valence-electron chi connectivity index (χ0n) is 7.82. The molecule has 13 heavy (non-hydrogen) atoms. The number of rotatable bonds is 1. The van der Waals surface area contributed by atoms with Gasteiger partial charge in [0, 0.05) is 18.9 Å². The average Bonchev–Trinajstić information content (AvgIpc) is 2.47. The van der Waals surface area contributed by atoms with Crippen molar-refractivity contribution in [2.24, 2.45) is 5.92 Å². The molecule has 74 valence electrons. The molecular formula is C9H14O4. The van der Waals surface area contributed by atoms with Gasteiger partial charge in [-0.3, -0.25) is 4.79 Å². The molecule has 0 bridgehead atoms. The van der Waals surface area contributed by atoms with Crippen molar-refractivity contribution >= 4 is 5.78 Å². The fraction of sp³-hybridized carbons (Fsp3) is 0.889. The third-order valence-electron chi connectivity index (χ3n) is 2.61. The largest absolute Gasteiger partial charge is 0.396 e. The number of aliphatic hydroxyl groups is 1. The Kier molecular flexibility index (Phi) is 1.94. The minimum atomic E-state index is -0.682. The molecule has 1 saturated carbocycles. The first kappa shape index (κ1) is 9.12. The van der Waals surface area contributed by atoms with Gasteiger partial charge in [0.2, 0.25) is 0 Å². The first-order valence-electron chi connectivity index (χ1n) is 4.53. The summed E-state index contributed by atoms with van der Waals surface area (Å²) in [7, 11) is 0. The molecule has 1 heterocycles. The zero-order chi connectivity index (χ0) is 9.64. The third kappa shape index (κ3) is 1.39. The van der Waals surface area contributed by atoms with Crippen molar-refractivity contribution in [3.63, 3.8) is 0 Å². The van der Waals surface area contributed by atoms with Crippen LogP contribution in [0.4, 0.5) is 0 Å². The third-order valence-corrected chi connectivity index (χ3v) is 2.61. The number of carbonyl (C=O) groups excluding carboxylic acids is 1. The Balaban J connectivity index is 2.17. The molecule has 0 radical (unpaired) electrons. The summed E-state index contributed by atoms with van der Waals surface area (Å²) in [5.74, 6) is -0.715. The second kappa shape index (κ2) is 2.77. The SMILES string of the molecule is CC1(C)OC2C(=O)CC(CO)C2O1. The maximum Gasteiger partial charge on any atom is 0.164 e. The second-order valence-electron chi connectivity index (χ2n) is 4.13. The van der Waals surface area contributed by atoms with Crippen LogP contribution in [-0.4, -0.2) is 35.5 Å². The quantitative estimate of drug-likeness (QED) is 0.630. The molecule has 0 spiro atoms. The number of carbonyl (C=O) groups is 1. The molecule has 2 rings (SSSR count). The Morgan fingerprint density at radius 2 is 2.23 bits per heavy atom.